The standard InChI is InChI=1S/C17H27N3O2/c1-3-11-20(15-7-9-18-10-8-15)13-17(21)19-14-5-4-6-16(12-14)22-2/h4-6,12,15,18H,3,7-11,13H2,1-2H3,(H,19,21). The van der Waals surface area contributed by atoms with E-state index < -0.39 is 0 Å². The highest BCUT2D eigenvalue weighted by atomic mass is 16.5. The number of nitrogens with zero attached hydrogens (tertiary/aromatic N) is 1. The monoisotopic (exact) mass is 305 g/mol. The lowest BCUT2D eigenvalue weighted by Crippen LogP contribution is -2.46. The van der Waals surface area contributed by atoms with Gasteiger partial charge in [-0.05, 0) is 51.0 Å². The Bertz CT molecular complexity index is 473. The molecule has 1 fully saturated rings. The first kappa shape index (κ1) is 16.8. The summed E-state index contributed by atoms with van der Waals surface area (Å²) in [5.41, 5.74) is 0.783. The molecule has 1 aliphatic heterocycles. The summed E-state index contributed by atoms with van der Waals surface area (Å²) in [6, 6.07) is 7.98. The van der Waals surface area contributed by atoms with Gasteiger partial charge in [0.05, 0.1) is 13.7 Å². The van der Waals surface area contributed by atoms with Crippen molar-refractivity contribution < 1.29 is 9.53 Å². The molecule has 1 aromatic carbocycles. The van der Waals surface area contributed by atoms with E-state index in [1.165, 1.54) is 0 Å². The van der Waals surface area contributed by atoms with E-state index in [2.05, 4.69) is 22.5 Å². The second-order valence-electron chi connectivity index (χ2n) is 5.73. The lowest BCUT2D eigenvalue weighted by atomic mass is 10.0. The third-order valence-corrected chi connectivity index (χ3v) is 4.04. The van der Waals surface area contributed by atoms with Gasteiger partial charge in [-0.2, -0.15) is 0 Å². The normalized spacial score (nSPS) is 15.8. The van der Waals surface area contributed by atoms with Crippen molar-refractivity contribution in [3.63, 3.8) is 0 Å². The van der Waals surface area contributed by atoms with Crippen molar-refractivity contribution in [1.29, 1.82) is 0 Å². The molecule has 1 saturated heterocycles. The van der Waals surface area contributed by atoms with E-state index >= 15 is 0 Å². The minimum Gasteiger partial charge on any atom is -0.497 e. The van der Waals surface area contributed by atoms with Crippen molar-refractivity contribution in [2.45, 2.75) is 32.2 Å². The van der Waals surface area contributed by atoms with Gasteiger partial charge < -0.3 is 15.4 Å². The molecule has 0 radical (unpaired) electrons. The molecule has 5 nitrogen and oxygen atoms in total. The Hall–Kier alpha value is -1.59. The number of anilines is 1. The fourth-order valence-electron chi connectivity index (χ4n) is 2.94. The summed E-state index contributed by atoms with van der Waals surface area (Å²) < 4.78 is 5.18. The molecule has 0 saturated carbocycles. The highest BCUT2D eigenvalue weighted by Gasteiger charge is 2.22. The zero-order valence-corrected chi connectivity index (χ0v) is 13.6. The first-order valence-electron chi connectivity index (χ1n) is 8.11. The maximum Gasteiger partial charge on any atom is 0.238 e. The molecule has 1 amide bonds. The van der Waals surface area contributed by atoms with Crippen molar-refractivity contribution in [1.82, 2.24) is 10.2 Å². The molecule has 0 aliphatic carbocycles. The average molecular weight is 305 g/mol. The Morgan fingerprint density at radius 3 is 2.86 bits per heavy atom. The molecule has 1 heterocycles. The van der Waals surface area contributed by atoms with Gasteiger partial charge in [0, 0.05) is 17.8 Å². The van der Waals surface area contributed by atoms with Crippen LogP contribution in [0.1, 0.15) is 26.2 Å². The van der Waals surface area contributed by atoms with Crippen LogP contribution in [0, 0.1) is 0 Å². The highest BCUT2D eigenvalue weighted by Crippen LogP contribution is 2.17. The largest absolute Gasteiger partial charge is 0.497 e. The van der Waals surface area contributed by atoms with Gasteiger partial charge in [-0.25, -0.2) is 0 Å². The number of ether oxygens (including phenoxy) is 1. The maximum absolute atomic E-state index is 12.3. The number of hydrogen-bond donors (Lipinski definition) is 2. The van der Waals surface area contributed by atoms with Gasteiger partial charge in [0.15, 0.2) is 0 Å². The molecule has 122 valence electrons. The molecular formula is C17H27N3O2. The van der Waals surface area contributed by atoms with E-state index in [1.807, 2.05) is 24.3 Å². The first-order valence-corrected chi connectivity index (χ1v) is 8.11. The number of nitrogens with one attached hydrogen (secondary N) is 2. The average Bonchev–Trinajstić information content (AvgIpc) is 2.55. The minimum absolute atomic E-state index is 0.0419. The van der Waals surface area contributed by atoms with Crippen LogP contribution in [0.5, 0.6) is 5.75 Å². The van der Waals surface area contributed by atoms with Crippen LogP contribution in [0.3, 0.4) is 0 Å². The van der Waals surface area contributed by atoms with E-state index in [0.29, 0.717) is 12.6 Å². The van der Waals surface area contributed by atoms with Gasteiger partial charge in [0.2, 0.25) is 5.91 Å². The van der Waals surface area contributed by atoms with Crippen molar-refractivity contribution in [2.75, 3.05) is 38.6 Å². The summed E-state index contributed by atoms with van der Waals surface area (Å²) in [5, 5.41) is 6.34. The molecule has 22 heavy (non-hydrogen) atoms. The number of carbonyl (C=O) groups is 1. The Labute approximate surface area is 133 Å². The van der Waals surface area contributed by atoms with Gasteiger partial charge in [0.25, 0.3) is 0 Å². The lowest BCUT2D eigenvalue weighted by molar-refractivity contribution is -0.118. The van der Waals surface area contributed by atoms with Crippen molar-refractivity contribution >= 4 is 11.6 Å². The van der Waals surface area contributed by atoms with Crippen LogP contribution in [-0.2, 0) is 4.79 Å². The molecule has 2 N–H and O–H groups in total. The molecule has 5 heteroatoms. The number of amides is 1. The van der Waals surface area contributed by atoms with Crippen molar-refractivity contribution in [3.8, 4) is 5.75 Å². The Morgan fingerprint density at radius 2 is 2.18 bits per heavy atom. The molecule has 0 bridgehead atoms. The van der Waals surface area contributed by atoms with Crippen LogP contribution in [0.2, 0.25) is 0 Å². The third-order valence-electron chi connectivity index (χ3n) is 4.04. The molecule has 0 unspecified atom stereocenters. The summed E-state index contributed by atoms with van der Waals surface area (Å²) in [6.07, 6.45) is 3.30. The summed E-state index contributed by atoms with van der Waals surface area (Å²) >= 11 is 0. The van der Waals surface area contributed by atoms with E-state index in [4.69, 9.17) is 4.74 Å². The van der Waals surface area contributed by atoms with Gasteiger partial charge >= 0.3 is 0 Å². The molecule has 0 atom stereocenters. The highest BCUT2D eigenvalue weighted by molar-refractivity contribution is 5.92. The number of benzene rings is 1. The third kappa shape index (κ3) is 5.00. The lowest BCUT2D eigenvalue weighted by Gasteiger charge is -2.34. The Morgan fingerprint density at radius 1 is 1.41 bits per heavy atom. The molecule has 1 aromatic rings. The number of hydrogen-bond acceptors (Lipinski definition) is 4. The van der Waals surface area contributed by atoms with Crippen LogP contribution < -0.4 is 15.4 Å². The summed E-state index contributed by atoms with van der Waals surface area (Å²) in [4.78, 5) is 14.6. The molecule has 0 spiro atoms. The van der Waals surface area contributed by atoms with Crippen LogP contribution >= 0.6 is 0 Å². The van der Waals surface area contributed by atoms with Crippen molar-refractivity contribution in [2.24, 2.45) is 0 Å². The first-order chi connectivity index (χ1) is 10.7. The smallest absolute Gasteiger partial charge is 0.238 e. The molecular weight excluding hydrogens is 278 g/mol. The quantitative estimate of drug-likeness (QED) is 0.810. The van der Waals surface area contributed by atoms with Crippen LogP contribution in [0.25, 0.3) is 0 Å². The van der Waals surface area contributed by atoms with Crippen LogP contribution in [0.4, 0.5) is 5.69 Å². The van der Waals surface area contributed by atoms with Gasteiger partial charge in [-0.15, -0.1) is 0 Å². The number of methoxy groups -OCH3 is 1. The predicted molar refractivity (Wildman–Crippen MR) is 89.4 cm³/mol. The second kappa shape index (κ2) is 8.76. The zero-order chi connectivity index (χ0) is 15.8. The predicted octanol–water partition coefficient (Wildman–Crippen LogP) is 2.10. The fourth-order valence-corrected chi connectivity index (χ4v) is 2.94. The molecule has 2 rings (SSSR count). The summed E-state index contributed by atoms with van der Waals surface area (Å²) in [5.74, 6) is 0.793. The van der Waals surface area contributed by atoms with E-state index in [0.717, 1.165) is 50.3 Å². The fraction of sp³-hybridized carbons (Fsp3) is 0.588. The van der Waals surface area contributed by atoms with Gasteiger partial charge in [-0.1, -0.05) is 13.0 Å². The minimum atomic E-state index is 0.0419. The summed E-state index contributed by atoms with van der Waals surface area (Å²) in [6.45, 7) is 5.67. The second-order valence-corrected chi connectivity index (χ2v) is 5.73. The van der Waals surface area contributed by atoms with E-state index in [1.54, 1.807) is 7.11 Å². The summed E-state index contributed by atoms with van der Waals surface area (Å²) in [7, 11) is 1.63. The zero-order valence-electron chi connectivity index (χ0n) is 13.6. The number of rotatable bonds is 7. The molecule has 0 aromatic heterocycles. The SMILES string of the molecule is CCCN(CC(=O)Nc1cccc(OC)c1)C1CCNCC1. The number of carbonyl (C=O) groups excluding carboxylic acids is 1. The van der Waals surface area contributed by atoms with Crippen LogP contribution in [0.15, 0.2) is 24.3 Å². The van der Waals surface area contributed by atoms with E-state index in [9.17, 15) is 4.79 Å². The Kier molecular flexibility index (Phi) is 6.68. The van der Waals surface area contributed by atoms with Gasteiger partial charge in [-0.3, -0.25) is 9.69 Å². The Balaban J connectivity index is 1.92. The van der Waals surface area contributed by atoms with Gasteiger partial charge in [0.1, 0.15) is 5.75 Å². The van der Waals surface area contributed by atoms with Crippen molar-refractivity contribution in [3.05, 3.63) is 24.3 Å². The molecule has 1 aliphatic rings. The van der Waals surface area contributed by atoms with Crippen LogP contribution in [-0.4, -0.2) is 50.1 Å². The maximum atomic E-state index is 12.3. The number of piperidine rings is 1. The topological polar surface area (TPSA) is 53.6 Å². The van der Waals surface area contributed by atoms with E-state index in [-0.39, 0.29) is 5.91 Å².